The molecular formula is C14H17N5O3. The number of carbonyl (C=O) groups excluding carboxylic acids is 1. The summed E-state index contributed by atoms with van der Waals surface area (Å²) >= 11 is 0. The number of aryl methyl sites for hydroxylation is 1. The molecule has 1 amide bonds. The second-order valence-corrected chi connectivity index (χ2v) is 5.33. The second-order valence-electron chi connectivity index (χ2n) is 5.33. The summed E-state index contributed by atoms with van der Waals surface area (Å²) in [5.74, 6) is -0.450. The summed E-state index contributed by atoms with van der Waals surface area (Å²) in [7, 11) is 0. The summed E-state index contributed by atoms with van der Waals surface area (Å²) in [5, 5.41) is 19.0. The minimum absolute atomic E-state index is 0.121. The molecular weight excluding hydrogens is 286 g/mol. The van der Waals surface area contributed by atoms with E-state index < -0.39 is 6.04 Å². The van der Waals surface area contributed by atoms with Crippen LogP contribution in [0.4, 0.5) is 0 Å². The predicted octanol–water partition coefficient (Wildman–Crippen LogP) is 1.34. The zero-order chi connectivity index (χ0) is 15.7. The molecule has 3 rings (SSSR count). The minimum atomic E-state index is -0.765. The molecule has 1 aliphatic carbocycles. The first kappa shape index (κ1) is 14.2. The molecule has 0 saturated heterocycles. The van der Waals surface area contributed by atoms with Crippen molar-refractivity contribution in [3.8, 4) is 0 Å². The van der Waals surface area contributed by atoms with Gasteiger partial charge in [0.1, 0.15) is 11.7 Å². The van der Waals surface area contributed by atoms with Gasteiger partial charge in [0.15, 0.2) is 5.84 Å². The summed E-state index contributed by atoms with van der Waals surface area (Å²) in [6.07, 6.45) is 4.93. The van der Waals surface area contributed by atoms with Gasteiger partial charge < -0.3 is 20.7 Å². The number of furan rings is 1. The molecule has 1 aliphatic rings. The van der Waals surface area contributed by atoms with Crippen LogP contribution >= 0.6 is 0 Å². The van der Waals surface area contributed by atoms with Gasteiger partial charge in [-0.15, -0.1) is 0 Å². The third-order valence-corrected chi connectivity index (χ3v) is 3.55. The lowest BCUT2D eigenvalue weighted by atomic mass is 10.1. The number of aromatic nitrogens is 2. The molecule has 2 heterocycles. The second kappa shape index (κ2) is 5.55. The van der Waals surface area contributed by atoms with Crippen LogP contribution in [0.3, 0.4) is 0 Å². The van der Waals surface area contributed by atoms with Crippen LogP contribution in [0.1, 0.15) is 46.7 Å². The normalized spacial score (nSPS) is 16.5. The number of rotatable bonds is 5. The summed E-state index contributed by atoms with van der Waals surface area (Å²) in [4.78, 5) is 12.5. The number of amides is 1. The van der Waals surface area contributed by atoms with Gasteiger partial charge in [-0.3, -0.25) is 9.48 Å². The first-order valence-electron chi connectivity index (χ1n) is 6.96. The van der Waals surface area contributed by atoms with Gasteiger partial charge in [0.2, 0.25) is 0 Å². The van der Waals surface area contributed by atoms with Gasteiger partial charge in [0, 0.05) is 5.56 Å². The van der Waals surface area contributed by atoms with Gasteiger partial charge in [-0.25, -0.2) is 0 Å². The van der Waals surface area contributed by atoms with Crippen molar-refractivity contribution in [2.45, 2.75) is 31.8 Å². The van der Waals surface area contributed by atoms with Crippen molar-refractivity contribution in [1.82, 2.24) is 15.1 Å². The van der Waals surface area contributed by atoms with Crippen molar-refractivity contribution in [3.63, 3.8) is 0 Å². The number of carbonyl (C=O) groups is 1. The number of amidine groups is 1. The van der Waals surface area contributed by atoms with Gasteiger partial charge in [0.25, 0.3) is 5.91 Å². The largest absolute Gasteiger partial charge is 0.472 e. The molecule has 1 saturated carbocycles. The van der Waals surface area contributed by atoms with E-state index in [-0.39, 0.29) is 17.8 Å². The Bertz CT molecular complexity index is 700. The van der Waals surface area contributed by atoms with Crippen molar-refractivity contribution < 1.29 is 14.4 Å². The molecule has 4 N–H and O–H groups in total. The van der Waals surface area contributed by atoms with E-state index in [1.807, 2.05) is 6.92 Å². The van der Waals surface area contributed by atoms with E-state index in [1.54, 1.807) is 16.8 Å². The van der Waals surface area contributed by atoms with E-state index in [4.69, 9.17) is 15.4 Å². The average Bonchev–Trinajstić information content (AvgIpc) is 3.06. The van der Waals surface area contributed by atoms with Gasteiger partial charge >= 0.3 is 0 Å². The number of nitrogens with two attached hydrogens (primary N) is 1. The lowest BCUT2D eigenvalue weighted by Crippen LogP contribution is -2.38. The van der Waals surface area contributed by atoms with Crippen LogP contribution in [0.5, 0.6) is 0 Å². The summed E-state index contributed by atoms with van der Waals surface area (Å²) < 4.78 is 6.73. The van der Waals surface area contributed by atoms with Crippen LogP contribution in [-0.2, 0) is 0 Å². The quantitative estimate of drug-likeness (QED) is 0.333. The number of nitrogens with zero attached hydrogens (tertiary/aromatic N) is 3. The third kappa shape index (κ3) is 2.67. The highest BCUT2D eigenvalue weighted by Crippen LogP contribution is 2.35. The van der Waals surface area contributed by atoms with Crippen molar-refractivity contribution in [2.75, 3.05) is 0 Å². The Hall–Kier alpha value is -2.77. The first-order valence-corrected chi connectivity index (χ1v) is 6.96. The highest BCUT2D eigenvalue weighted by Gasteiger charge is 2.30. The maximum atomic E-state index is 12.5. The minimum Gasteiger partial charge on any atom is -0.472 e. The van der Waals surface area contributed by atoms with Crippen molar-refractivity contribution in [1.29, 1.82) is 0 Å². The van der Waals surface area contributed by atoms with Gasteiger partial charge in [-0.1, -0.05) is 5.16 Å². The van der Waals surface area contributed by atoms with Crippen LogP contribution in [0.15, 0.2) is 34.2 Å². The van der Waals surface area contributed by atoms with E-state index >= 15 is 0 Å². The Morgan fingerprint density at radius 3 is 3.00 bits per heavy atom. The Labute approximate surface area is 126 Å². The van der Waals surface area contributed by atoms with Crippen LogP contribution in [-0.4, -0.2) is 26.7 Å². The number of nitrogens with one attached hydrogen (secondary N) is 1. The van der Waals surface area contributed by atoms with Gasteiger partial charge in [-0.05, 0) is 31.9 Å². The lowest BCUT2D eigenvalue weighted by molar-refractivity contribution is 0.0935. The summed E-state index contributed by atoms with van der Waals surface area (Å²) in [6, 6.07) is 2.89. The fourth-order valence-electron chi connectivity index (χ4n) is 2.31. The van der Waals surface area contributed by atoms with Gasteiger partial charge in [0.05, 0.1) is 24.3 Å². The maximum absolute atomic E-state index is 12.5. The molecule has 0 spiro atoms. The number of hydrogen-bond donors (Lipinski definition) is 3. The fraction of sp³-hybridized carbons (Fsp3) is 0.357. The van der Waals surface area contributed by atoms with Gasteiger partial charge in [-0.2, -0.15) is 5.10 Å². The average molecular weight is 303 g/mol. The molecule has 0 bridgehead atoms. The predicted molar refractivity (Wildman–Crippen MR) is 77.6 cm³/mol. The lowest BCUT2D eigenvalue weighted by Gasteiger charge is -2.16. The molecule has 1 atom stereocenters. The Morgan fingerprint density at radius 2 is 2.41 bits per heavy atom. The third-order valence-electron chi connectivity index (χ3n) is 3.55. The molecule has 0 aliphatic heterocycles. The monoisotopic (exact) mass is 303 g/mol. The van der Waals surface area contributed by atoms with Crippen molar-refractivity contribution in [3.05, 3.63) is 41.6 Å². The Balaban J connectivity index is 1.85. The SMILES string of the molecule is Cc1cc(C(=O)NC(C(N)=NO)c2ccoc2)n(C2CC2)n1. The highest BCUT2D eigenvalue weighted by molar-refractivity contribution is 5.97. The summed E-state index contributed by atoms with van der Waals surface area (Å²) in [5.41, 5.74) is 7.52. The van der Waals surface area contributed by atoms with Crippen LogP contribution in [0, 0.1) is 6.92 Å². The van der Waals surface area contributed by atoms with Crippen molar-refractivity contribution in [2.24, 2.45) is 10.9 Å². The molecule has 8 heteroatoms. The number of oxime groups is 1. The molecule has 1 unspecified atom stereocenters. The van der Waals surface area contributed by atoms with Crippen LogP contribution < -0.4 is 11.1 Å². The van der Waals surface area contributed by atoms with E-state index in [0.717, 1.165) is 18.5 Å². The Kier molecular flexibility index (Phi) is 3.58. The molecule has 0 aromatic carbocycles. The van der Waals surface area contributed by atoms with E-state index in [0.29, 0.717) is 11.3 Å². The Morgan fingerprint density at radius 1 is 1.64 bits per heavy atom. The molecule has 8 nitrogen and oxygen atoms in total. The van der Waals surface area contributed by atoms with E-state index in [1.165, 1.54) is 12.5 Å². The van der Waals surface area contributed by atoms with E-state index in [9.17, 15) is 4.79 Å². The molecule has 2 aromatic rings. The summed E-state index contributed by atoms with van der Waals surface area (Å²) in [6.45, 7) is 1.84. The highest BCUT2D eigenvalue weighted by atomic mass is 16.4. The van der Waals surface area contributed by atoms with Crippen LogP contribution in [0.25, 0.3) is 0 Å². The maximum Gasteiger partial charge on any atom is 0.270 e. The zero-order valence-corrected chi connectivity index (χ0v) is 12.1. The standard InChI is InChI=1S/C14H17N5O3/c1-8-6-11(19(17-8)10-2-3-10)14(20)16-12(13(15)18-21)9-4-5-22-7-9/h4-7,10,12,21H,2-3H2,1H3,(H2,15,18)(H,16,20). The molecule has 116 valence electrons. The molecule has 2 aromatic heterocycles. The molecule has 0 radical (unpaired) electrons. The smallest absolute Gasteiger partial charge is 0.270 e. The first-order chi connectivity index (χ1) is 10.6. The molecule has 1 fully saturated rings. The topological polar surface area (TPSA) is 119 Å². The van der Waals surface area contributed by atoms with E-state index in [2.05, 4.69) is 15.6 Å². The fourth-order valence-corrected chi connectivity index (χ4v) is 2.31. The molecule has 22 heavy (non-hydrogen) atoms. The van der Waals surface area contributed by atoms with Crippen molar-refractivity contribution >= 4 is 11.7 Å². The van der Waals surface area contributed by atoms with Crippen LogP contribution in [0.2, 0.25) is 0 Å². The number of hydrogen-bond acceptors (Lipinski definition) is 5. The zero-order valence-electron chi connectivity index (χ0n) is 12.1.